The minimum Gasteiger partial charge on any atom is -0.467 e. The fraction of sp³-hybridized carbons (Fsp3) is 0.524. The van der Waals surface area contributed by atoms with Gasteiger partial charge in [0.05, 0.1) is 7.11 Å². The van der Waals surface area contributed by atoms with Gasteiger partial charge in [0.25, 0.3) is 0 Å². The maximum Gasteiger partial charge on any atom is 0.328 e. The van der Waals surface area contributed by atoms with E-state index in [1.165, 1.54) is 7.11 Å². The van der Waals surface area contributed by atoms with Gasteiger partial charge in [0.2, 0.25) is 18.2 Å². The number of carbonyl (C=O) groups is 4. The molecule has 0 heterocycles. The molecule has 0 saturated heterocycles. The first kappa shape index (κ1) is 25.5. The molecule has 166 valence electrons. The minimum absolute atomic E-state index is 0.273. The third-order valence-electron chi connectivity index (χ3n) is 4.49. The molecule has 0 fully saturated rings. The number of hydrogen-bond acceptors (Lipinski definition) is 6. The molecule has 1 aromatic carbocycles. The van der Waals surface area contributed by atoms with Gasteiger partial charge in [0.15, 0.2) is 0 Å². The number of carbonyl (C=O) groups excluding carboxylic acids is 4. The first-order valence-corrected chi connectivity index (χ1v) is 11.3. The molecule has 0 spiro atoms. The predicted octanol–water partition coefficient (Wildman–Crippen LogP) is 1.04. The number of benzene rings is 1. The Balaban J connectivity index is 2.86. The van der Waals surface area contributed by atoms with E-state index in [9.17, 15) is 19.2 Å². The van der Waals surface area contributed by atoms with E-state index in [1.54, 1.807) is 11.8 Å². The van der Waals surface area contributed by atoms with E-state index in [-0.39, 0.29) is 6.42 Å². The molecule has 30 heavy (non-hydrogen) atoms. The van der Waals surface area contributed by atoms with Crippen LogP contribution in [0.5, 0.6) is 0 Å². The Kier molecular flexibility index (Phi) is 12.3. The fourth-order valence-electron chi connectivity index (χ4n) is 2.90. The number of amides is 3. The quantitative estimate of drug-likeness (QED) is 0.296. The SMILES string of the molecule is CCC[C@H](NC(=O)[C@H](CCSC)NC=O)C(=O)N[C@@H](Cc1ccccc1)C(=O)OC. The molecule has 0 unspecified atom stereocenters. The summed E-state index contributed by atoms with van der Waals surface area (Å²) in [5.74, 6) is -0.770. The summed E-state index contributed by atoms with van der Waals surface area (Å²) in [4.78, 5) is 48.5. The van der Waals surface area contributed by atoms with E-state index in [1.807, 2.05) is 43.5 Å². The van der Waals surface area contributed by atoms with Crippen molar-refractivity contribution in [3.8, 4) is 0 Å². The van der Waals surface area contributed by atoms with E-state index in [2.05, 4.69) is 16.0 Å². The molecule has 3 N–H and O–H groups in total. The van der Waals surface area contributed by atoms with Gasteiger partial charge >= 0.3 is 5.97 Å². The molecule has 1 rings (SSSR count). The first-order valence-electron chi connectivity index (χ1n) is 9.87. The van der Waals surface area contributed by atoms with Crippen LogP contribution in [-0.2, 0) is 30.3 Å². The van der Waals surface area contributed by atoms with Gasteiger partial charge in [0.1, 0.15) is 18.1 Å². The number of nitrogens with one attached hydrogen (secondary N) is 3. The van der Waals surface area contributed by atoms with Crippen molar-refractivity contribution in [1.29, 1.82) is 0 Å². The zero-order valence-electron chi connectivity index (χ0n) is 17.7. The van der Waals surface area contributed by atoms with Crippen LogP contribution in [0.3, 0.4) is 0 Å². The van der Waals surface area contributed by atoms with Gasteiger partial charge < -0.3 is 20.7 Å². The van der Waals surface area contributed by atoms with Crippen molar-refractivity contribution >= 4 is 36.0 Å². The lowest BCUT2D eigenvalue weighted by molar-refractivity contribution is -0.145. The lowest BCUT2D eigenvalue weighted by Gasteiger charge is -2.24. The summed E-state index contributed by atoms with van der Waals surface area (Å²) >= 11 is 1.56. The average molecular weight is 438 g/mol. The summed E-state index contributed by atoms with van der Waals surface area (Å²) in [6.07, 6.45) is 4.15. The highest BCUT2D eigenvalue weighted by Gasteiger charge is 2.28. The number of methoxy groups -OCH3 is 1. The highest BCUT2D eigenvalue weighted by atomic mass is 32.2. The Morgan fingerprint density at radius 1 is 1.03 bits per heavy atom. The van der Waals surface area contributed by atoms with E-state index < -0.39 is 35.9 Å². The van der Waals surface area contributed by atoms with Gasteiger partial charge in [-0.3, -0.25) is 14.4 Å². The van der Waals surface area contributed by atoms with Crippen molar-refractivity contribution in [2.45, 2.75) is 50.7 Å². The summed E-state index contributed by atoms with van der Waals surface area (Å²) in [5.41, 5.74) is 0.872. The van der Waals surface area contributed by atoms with E-state index in [0.717, 1.165) is 5.56 Å². The molecular weight excluding hydrogens is 406 g/mol. The molecule has 0 bridgehead atoms. The molecule has 0 saturated carbocycles. The third kappa shape index (κ3) is 8.86. The van der Waals surface area contributed by atoms with Gasteiger partial charge in [-0.15, -0.1) is 0 Å². The highest BCUT2D eigenvalue weighted by molar-refractivity contribution is 7.98. The van der Waals surface area contributed by atoms with Crippen LogP contribution >= 0.6 is 11.8 Å². The maximum atomic E-state index is 12.9. The van der Waals surface area contributed by atoms with Crippen molar-refractivity contribution < 1.29 is 23.9 Å². The number of hydrogen-bond donors (Lipinski definition) is 3. The van der Waals surface area contributed by atoms with Crippen molar-refractivity contribution in [3.63, 3.8) is 0 Å². The zero-order chi connectivity index (χ0) is 22.4. The van der Waals surface area contributed by atoms with Crippen LogP contribution in [0.25, 0.3) is 0 Å². The highest BCUT2D eigenvalue weighted by Crippen LogP contribution is 2.07. The van der Waals surface area contributed by atoms with Crippen molar-refractivity contribution in [2.75, 3.05) is 19.1 Å². The number of esters is 1. The Morgan fingerprint density at radius 2 is 1.67 bits per heavy atom. The Labute approximate surface area is 181 Å². The molecule has 3 amide bonds. The first-order chi connectivity index (χ1) is 14.5. The smallest absolute Gasteiger partial charge is 0.328 e. The van der Waals surface area contributed by atoms with Crippen LogP contribution in [0.2, 0.25) is 0 Å². The van der Waals surface area contributed by atoms with Crippen molar-refractivity contribution in [3.05, 3.63) is 35.9 Å². The summed E-state index contributed by atoms with van der Waals surface area (Å²) in [7, 11) is 1.26. The number of thioether (sulfide) groups is 1. The average Bonchev–Trinajstić information content (AvgIpc) is 2.75. The van der Waals surface area contributed by atoms with Crippen LogP contribution in [0.15, 0.2) is 30.3 Å². The Morgan fingerprint density at radius 3 is 2.23 bits per heavy atom. The van der Waals surface area contributed by atoms with Gasteiger partial charge in [-0.2, -0.15) is 11.8 Å². The molecule has 0 aliphatic rings. The topological polar surface area (TPSA) is 114 Å². The third-order valence-corrected chi connectivity index (χ3v) is 5.14. The van der Waals surface area contributed by atoms with Crippen LogP contribution in [0.4, 0.5) is 0 Å². The van der Waals surface area contributed by atoms with Crippen LogP contribution in [-0.4, -0.2) is 61.4 Å². The van der Waals surface area contributed by atoms with Crippen molar-refractivity contribution in [2.24, 2.45) is 0 Å². The van der Waals surface area contributed by atoms with Crippen LogP contribution in [0, 0.1) is 0 Å². The fourth-order valence-corrected chi connectivity index (χ4v) is 3.37. The molecular formula is C21H31N3O5S. The standard InChI is InChI=1S/C21H31N3O5S/c1-4-8-17(23-19(26)16(22-14-25)11-12-30-3)20(27)24-18(21(28)29-2)13-15-9-6-5-7-10-15/h5-7,9-10,14,16-18H,4,8,11-13H2,1-3H3,(H,22,25)(H,23,26)(H,24,27)/t16-,17-,18-/m0/s1. The van der Waals surface area contributed by atoms with Crippen molar-refractivity contribution in [1.82, 2.24) is 16.0 Å². The predicted molar refractivity (Wildman–Crippen MR) is 117 cm³/mol. The molecule has 8 nitrogen and oxygen atoms in total. The Bertz CT molecular complexity index is 686. The second kappa shape index (κ2) is 14.4. The van der Waals surface area contributed by atoms with Gasteiger partial charge in [-0.1, -0.05) is 43.7 Å². The van der Waals surface area contributed by atoms with E-state index in [0.29, 0.717) is 31.4 Å². The van der Waals surface area contributed by atoms with E-state index in [4.69, 9.17) is 4.74 Å². The van der Waals surface area contributed by atoms with Gasteiger partial charge in [-0.25, -0.2) is 4.79 Å². The minimum atomic E-state index is -0.874. The van der Waals surface area contributed by atoms with Crippen LogP contribution < -0.4 is 16.0 Å². The summed E-state index contributed by atoms with van der Waals surface area (Å²) in [6.45, 7) is 1.89. The molecule has 0 aliphatic heterocycles. The van der Waals surface area contributed by atoms with Crippen LogP contribution in [0.1, 0.15) is 31.7 Å². The molecule has 3 atom stereocenters. The van der Waals surface area contributed by atoms with Gasteiger partial charge in [-0.05, 0) is 30.4 Å². The zero-order valence-corrected chi connectivity index (χ0v) is 18.5. The number of ether oxygens (including phenoxy) is 1. The largest absolute Gasteiger partial charge is 0.467 e. The second-order valence-electron chi connectivity index (χ2n) is 6.74. The molecule has 0 aromatic heterocycles. The summed E-state index contributed by atoms with van der Waals surface area (Å²) in [5, 5.41) is 7.89. The molecule has 9 heteroatoms. The van der Waals surface area contributed by atoms with Gasteiger partial charge in [0, 0.05) is 6.42 Å². The number of rotatable bonds is 14. The maximum absolute atomic E-state index is 12.9. The van der Waals surface area contributed by atoms with E-state index >= 15 is 0 Å². The molecule has 1 aromatic rings. The lowest BCUT2D eigenvalue weighted by atomic mass is 10.0. The second-order valence-corrected chi connectivity index (χ2v) is 7.73. The summed E-state index contributed by atoms with van der Waals surface area (Å²) < 4.78 is 4.83. The molecule has 0 aliphatic carbocycles. The normalized spacial score (nSPS) is 13.4. The Hall–Kier alpha value is -2.55. The monoisotopic (exact) mass is 437 g/mol. The lowest BCUT2D eigenvalue weighted by Crippen LogP contribution is -2.55. The molecule has 0 radical (unpaired) electrons. The summed E-state index contributed by atoms with van der Waals surface area (Å²) in [6, 6.07) is 6.85.